The highest BCUT2D eigenvalue weighted by Crippen LogP contribution is 2.26. The molecule has 3 N–H and O–H groups in total. The number of aryl methyl sites for hydroxylation is 1. The van der Waals surface area contributed by atoms with Gasteiger partial charge in [-0.25, -0.2) is 9.59 Å². The molecular formula is C23H22ClNO5S. The Hall–Kier alpha value is -2.87. The number of benzene rings is 2. The highest BCUT2D eigenvalue weighted by Gasteiger charge is 2.07. The maximum atomic E-state index is 10.2. The van der Waals surface area contributed by atoms with E-state index in [0.29, 0.717) is 5.75 Å². The van der Waals surface area contributed by atoms with Crippen molar-refractivity contribution in [3.8, 4) is 11.1 Å². The van der Waals surface area contributed by atoms with Gasteiger partial charge in [-0.3, -0.25) is 4.98 Å². The lowest BCUT2D eigenvalue weighted by Gasteiger charge is -2.10. The SMILES string of the molecule is O=C(O)C(=O)O.O[C@H](CCc1cccnc1)CSc1ccc(-c2cccc(Cl)c2)cc1. The van der Waals surface area contributed by atoms with Crippen molar-refractivity contribution in [1.82, 2.24) is 4.98 Å². The van der Waals surface area contributed by atoms with Crippen molar-refractivity contribution in [3.05, 3.63) is 83.6 Å². The summed E-state index contributed by atoms with van der Waals surface area (Å²) in [5.41, 5.74) is 3.42. The van der Waals surface area contributed by atoms with E-state index in [4.69, 9.17) is 31.4 Å². The fraction of sp³-hybridized carbons (Fsp3) is 0.174. The Bertz CT molecular complexity index is 971. The molecular weight excluding hydrogens is 438 g/mol. The molecule has 0 aliphatic carbocycles. The first-order valence-corrected chi connectivity index (χ1v) is 10.7. The lowest BCUT2D eigenvalue weighted by Crippen LogP contribution is -2.11. The monoisotopic (exact) mass is 459 g/mol. The number of aromatic nitrogens is 1. The summed E-state index contributed by atoms with van der Waals surface area (Å²) < 4.78 is 0. The predicted octanol–water partition coefficient (Wildman–Crippen LogP) is 4.64. The minimum atomic E-state index is -1.82. The maximum Gasteiger partial charge on any atom is 0.414 e. The maximum absolute atomic E-state index is 10.2. The van der Waals surface area contributed by atoms with Crippen molar-refractivity contribution in [2.24, 2.45) is 0 Å². The van der Waals surface area contributed by atoms with Gasteiger partial charge < -0.3 is 15.3 Å². The molecule has 0 radical (unpaired) electrons. The average molecular weight is 460 g/mol. The molecule has 3 aromatic rings. The number of hydrogen-bond donors (Lipinski definition) is 3. The number of aliphatic carboxylic acids is 2. The zero-order valence-electron chi connectivity index (χ0n) is 16.5. The molecule has 0 aliphatic rings. The number of nitrogens with zero attached hydrogens (tertiary/aromatic N) is 1. The van der Waals surface area contributed by atoms with E-state index in [9.17, 15) is 5.11 Å². The van der Waals surface area contributed by atoms with E-state index in [1.165, 1.54) is 0 Å². The molecule has 1 heterocycles. The first-order valence-electron chi connectivity index (χ1n) is 9.37. The molecule has 1 aromatic heterocycles. The van der Waals surface area contributed by atoms with Crippen LogP contribution in [0.2, 0.25) is 5.02 Å². The highest BCUT2D eigenvalue weighted by molar-refractivity contribution is 7.99. The molecule has 0 unspecified atom stereocenters. The first-order chi connectivity index (χ1) is 14.8. The van der Waals surface area contributed by atoms with E-state index < -0.39 is 11.9 Å². The van der Waals surface area contributed by atoms with Crippen LogP contribution in [0.4, 0.5) is 0 Å². The van der Waals surface area contributed by atoms with E-state index in [1.807, 2.05) is 36.5 Å². The van der Waals surface area contributed by atoms with Crippen molar-refractivity contribution < 1.29 is 24.9 Å². The number of rotatable bonds is 7. The van der Waals surface area contributed by atoms with Crippen LogP contribution < -0.4 is 0 Å². The Kier molecular flexibility index (Phi) is 10.0. The number of carboxylic acids is 2. The lowest BCUT2D eigenvalue weighted by atomic mass is 10.1. The van der Waals surface area contributed by atoms with Crippen LogP contribution in [-0.2, 0) is 16.0 Å². The van der Waals surface area contributed by atoms with Gasteiger partial charge in [0.1, 0.15) is 0 Å². The minimum absolute atomic E-state index is 0.321. The number of aliphatic hydroxyl groups excluding tert-OH is 1. The Morgan fingerprint density at radius 2 is 1.68 bits per heavy atom. The van der Waals surface area contributed by atoms with E-state index >= 15 is 0 Å². The molecule has 31 heavy (non-hydrogen) atoms. The van der Waals surface area contributed by atoms with Gasteiger partial charge in [0.15, 0.2) is 0 Å². The van der Waals surface area contributed by atoms with Crippen LogP contribution >= 0.6 is 23.4 Å². The van der Waals surface area contributed by atoms with Crippen molar-refractivity contribution in [3.63, 3.8) is 0 Å². The van der Waals surface area contributed by atoms with Crippen LogP contribution in [0.25, 0.3) is 11.1 Å². The molecule has 0 saturated heterocycles. The number of halogens is 1. The van der Waals surface area contributed by atoms with Gasteiger partial charge in [-0.2, -0.15) is 0 Å². The summed E-state index contributed by atoms with van der Waals surface area (Å²) in [7, 11) is 0. The number of carboxylic acid groups (broad SMARTS) is 2. The summed E-state index contributed by atoms with van der Waals surface area (Å²) in [4.78, 5) is 23.5. The molecule has 1 atom stereocenters. The normalized spacial score (nSPS) is 11.2. The van der Waals surface area contributed by atoms with Gasteiger partial charge >= 0.3 is 11.9 Å². The zero-order valence-corrected chi connectivity index (χ0v) is 18.1. The molecule has 0 amide bonds. The molecule has 0 saturated carbocycles. The zero-order chi connectivity index (χ0) is 22.6. The molecule has 8 heteroatoms. The van der Waals surface area contributed by atoms with Crippen LogP contribution in [0.15, 0.2) is 78.0 Å². The van der Waals surface area contributed by atoms with Gasteiger partial charge in [-0.05, 0) is 59.9 Å². The van der Waals surface area contributed by atoms with Crippen LogP contribution in [0.5, 0.6) is 0 Å². The van der Waals surface area contributed by atoms with Gasteiger partial charge in [0.05, 0.1) is 6.10 Å². The topological polar surface area (TPSA) is 108 Å². The second-order valence-corrected chi connectivity index (χ2v) is 8.04. The van der Waals surface area contributed by atoms with E-state index in [0.717, 1.165) is 39.5 Å². The molecule has 0 fully saturated rings. The molecule has 6 nitrogen and oxygen atoms in total. The summed E-state index contributed by atoms with van der Waals surface area (Å²) >= 11 is 7.73. The third kappa shape index (κ3) is 9.21. The quantitative estimate of drug-likeness (QED) is 0.349. The number of hydrogen-bond acceptors (Lipinski definition) is 5. The fourth-order valence-corrected chi connectivity index (χ4v) is 3.64. The van der Waals surface area contributed by atoms with Crippen molar-refractivity contribution in [2.45, 2.75) is 23.8 Å². The second-order valence-electron chi connectivity index (χ2n) is 6.51. The summed E-state index contributed by atoms with van der Waals surface area (Å²) in [6.45, 7) is 0. The standard InChI is InChI=1S/C21H20ClNOS.C2H2O4/c22-19-5-1-4-18(13-19)17-7-10-21(11-8-17)25-15-20(24)9-6-16-3-2-12-23-14-16;3-1(4)2(5)6/h1-5,7-8,10-14,20,24H,6,9,15H2;(H,3,4)(H,5,6)/t20-;/m1./s1. The number of thioether (sulfide) groups is 1. The third-order valence-electron chi connectivity index (χ3n) is 4.13. The molecule has 2 aromatic carbocycles. The number of pyridine rings is 1. The van der Waals surface area contributed by atoms with Gasteiger partial charge in [0, 0.05) is 28.1 Å². The van der Waals surface area contributed by atoms with Gasteiger partial charge in [-0.15, -0.1) is 11.8 Å². The largest absolute Gasteiger partial charge is 0.473 e. The van der Waals surface area contributed by atoms with Gasteiger partial charge in [-0.1, -0.05) is 41.9 Å². The summed E-state index contributed by atoms with van der Waals surface area (Å²) in [6.07, 6.45) is 4.90. The summed E-state index contributed by atoms with van der Waals surface area (Å²) in [5.74, 6) is -2.96. The van der Waals surface area contributed by atoms with Crippen LogP contribution in [-0.4, -0.2) is 44.1 Å². The lowest BCUT2D eigenvalue weighted by molar-refractivity contribution is -0.159. The van der Waals surface area contributed by atoms with E-state index in [2.05, 4.69) is 35.3 Å². The molecule has 0 aliphatic heterocycles. The Balaban J connectivity index is 0.000000501. The van der Waals surface area contributed by atoms with Crippen molar-refractivity contribution >= 4 is 35.3 Å². The Morgan fingerprint density at radius 3 is 2.26 bits per heavy atom. The fourth-order valence-electron chi connectivity index (χ4n) is 2.57. The van der Waals surface area contributed by atoms with Crippen LogP contribution in [0.3, 0.4) is 0 Å². The Labute approximate surface area is 189 Å². The van der Waals surface area contributed by atoms with Gasteiger partial charge in [0.2, 0.25) is 0 Å². The third-order valence-corrected chi connectivity index (χ3v) is 5.52. The number of aliphatic hydroxyl groups is 1. The predicted molar refractivity (Wildman–Crippen MR) is 121 cm³/mol. The summed E-state index contributed by atoms with van der Waals surface area (Å²) in [6, 6.07) is 20.2. The minimum Gasteiger partial charge on any atom is -0.473 e. The molecule has 0 bridgehead atoms. The highest BCUT2D eigenvalue weighted by atomic mass is 35.5. The van der Waals surface area contributed by atoms with Crippen molar-refractivity contribution in [2.75, 3.05) is 5.75 Å². The van der Waals surface area contributed by atoms with Crippen LogP contribution in [0, 0.1) is 0 Å². The van der Waals surface area contributed by atoms with Crippen LogP contribution in [0.1, 0.15) is 12.0 Å². The van der Waals surface area contributed by atoms with E-state index in [1.54, 1.807) is 18.0 Å². The van der Waals surface area contributed by atoms with Gasteiger partial charge in [0.25, 0.3) is 0 Å². The smallest absolute Gasteiger partial charge is 0.414 e. The average Bonchev–Trinajstić information content (AvgIpc) is 2.77. The molecule has 162 valence electrons. The number of carbonyl (C=O) groups is 2. The molecule has 0 spiro atoms. The summed E-state index contributed by atoms with van der Waals surface area (Å²) in [5, 5.41) is 25.7. The Morgan fingerprint density at radius 1 is 0.968 bits per heavy atom. The second kappa shape index (κ2) is 12.7. The van der Waals surface area contributed by atoms with Crippen molar-refractivity contribution in [1.29, 1.82) is 0 Å². The first kappa shape index (κ1) is 24.4. The van der Waals surface area contributed by atoms with E-state index in [-0.39, 0.29) is 6.10 Å². The molecule has 3 rings (SSSR count).